The number of carbonyl (C=O) groups excluding carboxylic acids is 1. The average Bonchev–Trinajstić information content (AvgIpc) is 3.16. The molecule has 2 aromatic heterocycles. The number of rotatable bonds is 4. The maximum atomic E-state index is 12.1. The lowest BCUT2D eigenvalue weighted by Crippen LogP contribution is -2.36. The van der Waals surface area contributed by atoms with Gasteiger partial charge in [0.05, 0.1) is 12.1 Å². The molecule has 0 spiro atoms. The fraction of sp³-hybridized carbons (Fsp3) is 0.412. The van der Waals surface area contributed by atoms with Crippen LogP contribution in [0.3, 0.4) is 0 Å². The average molecular weight is 343 g/mol. The van der Waals surface area contributed by atoms with Crippen molar-refractivity contribution in [2.24, 2.45) is 13.0 Å². The van der Waals surface area contributed by atoms with Crippen LogP contribution in [0.15, 0.2) is 24.5 Å². The zero-order valence-electron chi connectivity index (χ0n) is 14.2. The summed E-state index contributed by atoms with van der Waals surface area (Å²) in [6.07, 6.45) is 5.41. The van der Waals surface area contributed by atoms with Crippen LogP contribution in [-0.2, 0) is 11.8 Å². The van der Waals surface area contributed by atoms with Crippen LogP contribution in [0.1, 0.15) is 25.0 Å². The van der Waals surface area contributed by atoms with Crippen LogP contribution < -0.4 is 10.6 Å². The van der Waals surface area contributed by atoms with E-state index in [0.29, 0.717) is 25.1 Å². The molecule has 25 heavy (non-hydrogen) atoms. The van der Waals surface area contributed by atoms with E-state index in [1.165, 1.54) is 0 Å². The molecule has 0 bridgehead atoms. The van der Waals surface area contributed by atoms with Crippen LogP contribution in [-0.4, -0.2) is 37.9 Å². The molecule has 1 fully saturated rings. The van der Waals surface area contributed by atoms with Crippen LogP contribution in [0.25, 0.3) is 11.1 Å². The Morgan fingerprint density at radius 3 is 2.72 bits per heavy atom. The molecule has 1 saturated carbocycles. The number of amides is 2. The highest BCUT2D eigenvalue weighted by molar-refractivity contribution is 5.88. The van der Waals surface area contributed by atoms with Crippen molar-refractivity contribution in [1.29, 1.82) is 0 Å². The monoisotopic (exact) mass is 343 g/mol. The van der Waals surface area contributed by atoms with Crippen LogP contribution in [0.5, 0.6) is 0 Å². The quantitative estimate of drug-likeness (QED) is 0.788. The number of carboxylic acids is 1. The van der Waals surface area contributed by atoms with Gasteiger partial charge in [0.1, 0.15) is 5.82 Å². The highest BCUT2D eigenvalue weighted by atomic mass is 16.4. The van der Waals surface area contributed by atoms with Crippen molar-refractivity contribution in [3.63, 3.8) is 0 Å². The number of aryl methyl sites for hydroxylation is 2. The third kappa shape index (κ3) is 3.96. The van der Waals surface area contributed by atoms with Crippen molar-refractivity contribution < 1.29 is 14.7 Å². The fourth-order valence-electron chi connectivity index (χ4n) is 3.17. The van der Waals surface area contributed by atoms with Gasteiger partial charge in [-0.05, 0) is 38.3 Å². The van der Waals surface area contributed by atoms with E-state index in [4.69, 9.17) is 5.11 Å². The SMILES string of the molecule is Cc1nc(NC(=O)N[C@@H]2CC[C@H](C(=O)O)C2)ccc1-c1cnn(C)c1. The zero-order valence-corrected chi connectivity index (χ0v) is 14.2. The van der Waals surface area contributed by atoms with E-state index in [2.05, 4.69) is 20.7 Å². The van der Waals surface area contributed by atoms with Crippen LogP contribution >= 0.6 is 0 Å². The van der Waals surface area contributed by atoms with Crippen molar-refractivity contribution in [1.82, 2.24) is 20.1 Å². The predicted octanol–water partition coefficient (Wildman–Crippen LogP) is 2.17. The van der Waals surface area contributed by atoms with Crippen molar-refractivity contribution in [2.45, 2.75) is 32.2 Å². The van der Waals surface area contributed by atoms with Gasteiger partial charge in [0, 0.05) is 36.1 Å². The summed E-state index contributed by atoms with van der Waals surface area (Å²) < 4.78 is 1.72. The molecule has 132 valence electrons. The first-order valence-corrected chi connectivity index (χ1v) is 8.19. The van der Waals surface area contributed by atoms with Crippen molar-refractivity contribution in [3.8, 4) is 11.1 Å². The Kier molecular flexibility index (Phi) is 4.69. The van der Waals surface area contributed by atoms with E-state index in [0.717, 1.165) is 16.8 Å². The molecule has 2 amide bonds. The molecule has 2 atom stereocenters. The van der Waals surface area contributed by atoms with E-state index < -0.39 is 5.97 Å². The number of hydrogen-bond acceptors (Lipinski definition) is 4. The molecular weight excluding hydrogens is 322 g/mol. The van der Waals surface area contributed by atoms with Crippen LogP contribution in [0.4, 0.5) is 10.6 Å². The largest absolute Gasteiger partial charge is 0.481 e. The van der Waals surface area contributed by atoms with Gasteiger partial charge in [0.25, 0.3) is 0 Å². The molecule has 0 radical (unpaired) electrons. The topological polar surface area (TPSA) is 109 Å². The highest BCUT2D eigenvalue weighted by Gasteiger charge is 2.30. The molecular formula is C17H21N5O3. The lowest BCUT2D eigenvalue weighted by atomic mass is 10.1. The van der Waals surface area contributed by atoms with E-state index in [9.17, 15) is 9.59 Å². The van der Waals surface area contributed by atoms with E-state index in [1.54, 1.807) is 16.9 Å². The third-order valence-electron chi connectivity index (χ3n) is 4.46. The first-order valence-electron chi connectivity index (χ1n) is 8.19. The number of nitrogens with zero attached hydrogens (tertiary/aromatic N) is 3. The molecule has 1 aliphatic carbocycles. The molecule has 3 rings (SSSR count). The summed E-state index contributed by atoms with van der Waals surface area (Å²) in [5, 5.41) is 18.7. The van der Waals surface area contributed by atoms with Gasteiger partial charge in [0.2, 0.25) is 0 Å². The summed E-state index contributed by atoms with van der Waals surface area (Å²) in [4.78, 5) is 27.5. The van der Waals surface area contributed by atoms with Gasteiger partial charge in [-0.2, -0.15) is 5.10 Å². The maximum Gasteiger partial charge on any atom is 0.320 e. The number of aromatic nitrogens is 3. The second kappa shape index (κ2) is 6.92. The summed E-state index contributed by atoms with van der Waals surface area (Å²) in [5.74, 6) is -0.715. The Morgan fingerprint density at radius 2 is 2.12 bits per heavy atom. The van der Waals surface area contributed by atoms with Gasteiger partial charge in [0.15, 0.2) is 0 Å². The number of carboxylic acid groups (broad SMARTS) is 1. The smallest absolute Gasteiger partial charge is 0.320 e. The highest BCUT2D eigenvalue weighted by Crippen LogP contribution is 2.26. The molecule has 8 heteroatoms. The number of carbonyl (C=O) groups is 2. The zero-order chi connectivity index (χ0) is 18.0. The van der Waals surface area contributed by atoms with Crippen LogP contribution in [0, 0.1) is 12.8 Å². The minimum absolute atomic E-state index is 0.114. The summed E-state index contributed by atoms with van der Waals surface area (Å²) >= 11 is 0. The Morgan fingerprint density at radius 1 is 1.32 bits per heavy atom. The second-order valence-electron chi connectivity index (χ2n) is 6.38. The summed E-state index contributed by atoms with van der Waals surface area (Å²) in [5.41, 5.74) is 2.71. The van der Waals surface area contributed by atoms with Crippen molar-refractivity contribution in [2.75, 3.05) is 5.32 Å². The Balaban J connectivity index is 1.60. The lowest BCUT2D eigenvalue weighted by molar-refractivity contribution is -0.141. The van der Waals surface area contributed by atoms with Crippen molar-refractivity contribution in [3.05, 3.63) is 30.2 Å². The molecule has 1 aliphatic rings. The van der Waals surface area contributed by atoms with Gasteiger partial charge < -0.3 is 10.4 Å². The Hall–Kier alpha value is -2.90. The normalized spacial score (nSPS) is 19.6. The Bertz CT molecular complexity index is 801. The first kappa shape index (κ1) is 16.9. The first-order chi connectivity index (χ1) is 11.9. The minimum Gasteiger partial charge on any atom is -0.481 e. The second-order valence-corrected chi connectivity index (χ2v) is 6.38. The van der Waals surface area contributed by atoms with Gasteiger partial charge in [-0.25, -0.2) is 9.78 Å². The number of pyridine rings is 1. The molecule has 0 unspecified atom stereocenters. The number of aliphatic carboxylic acids is 1. The number of nitrogens with one attached hydrogen (secondary N) is 2. The van der Waals surface area contributed by atoms with E-state index in [1.807, 2.05) is 26.2 Å². The molecule has 0 saturated heterocycles. The van der Waals surface area contributed by atoms with E-state index in [-0.39, 0.29) is 18.0 Å². The Labute approximate surface area is 145 Å². The molecule has 2 aromatic rings. The lowest BCUT2D eigenvalue weighted by Gasteiger charge is -2.13. The third-order valence-corrected chi connectivity index (χ3v) is 4.46. The molecule has 2 heterocycles. The molecule has 0 aliphatic heterocycles. The number of hydrogen-bond donors (Lipinski definition) is 3. The van der Waals surface area contributed by atoms with Gasteiger partial charge in [-0.15, -0.1) is 0 Å². The summed E-state index contributed by atoms with van der Waals surface area (Å²) in [7, 11) is 1.85. The number of anilines is 1. The number of urea groups is 1. The van der Waals surface area contributed by atoms with Crippen LogP contribution in [0.2, 0.25) is 0 Å². The summed E-state index contributed by atoms with van der Waals surface area (Å²) in [6.45, 7) is 1.87. The molecule has 0 aromatic carbocycles. The molecule has 8 nitrogen and oxygen atoms in total. The minimum atomic E-state index is -0.798. The molecule has 3 N–H and O–H groups in total. The predicted molar refractivity (Wildman–Crippen MR) is 92.1 cm³/mol. The van der Waals surface area contributed by atoms with E-state index >= 15 is 0 Å². The van der Waals surface area contributed by atoms with Gasteiger partial charge >= 0.3 is 12.0 Å². The standard InChI is InChI=1S/C17H21N5O3/c1-10-14(12-8-18-22(2)9-12)5-6-15(19-10)21-17(25)20-13-4-3-11(7-13)16(23)24/h5-6,8-9,11,13H,3-4,7H2,1-2H3,(H,23,24)(H2,19,20,21,25)/t11-,13+/m0/s1. The van der Waals surface area contributed by atoms with Crippen molar-refractivity contribution >= 4 is 17.8 Å². The van der Waals surface area contributed by atoms with Gasteiger partial charge in [-0.3, -0.25) is 14.8 Å². The fourth-order valence-corrected chi connectivity index (χ4v) is 3.17. The summed E-state index contributed by atoms with van der Waals surface area (Å²) in [6, 6.07) is 3.16. The maximum absolute atomic E-state index is 12.1. The van der Waals surface area contributed by atoms with Gasteiger partial charge in [-0.1, -0.05) is 0 Å².